The lowest BCUT2D eigenvalue weighted by Gasteiger charge is -2.03. The summed E-state index contributed by atoms with van der Waals surface area (Å²) in [4.78, 5) is 12.2. The summed E-state index contributed by atoms with van der Waals surface area (Å²) in [6.45, 7) is 2.83. The maximum absolute atomic E-state index is 4.50. The number of anilines is 1. The first kappa shape index (κ1) is 11.7. The quantitative estimate of drug-likeness (QED) is 0.750. The smallest absolute Gasteiger partial charge is 0.177 e. The molecule has 0 aliphatic carbocycles. The van der Waals surface area contributed by atoms with Crippen LogP contribution in [0.1, 0.15) is 11.5 Å². The topological polar surface area (TPSA) is 53.6 Å². The number of hydrogen-bond acceptors (Lipinski definition) is 3. The Balaban J connectivity index is 1.65. The Hall–Kier alpha value is -2.36. The zero-order valence-electron chi connectivity index (χ0n) is 10.9. The summed E-state index contributed by atoms with van der Waals surface area (Å²) >= 11 is 0. The molecule has 0 unspecified atom stereocenters. The zero-order chi connectivity index (χ0) is 13.1. The molecular weight excluding hydrogens is 236 g/mol. The molecule has 3 aromatic rings. The summed E-state index contributed by atoms with van der Waals surface area (Å²) in [6.07, 6.45) is 0.851. The van der Waals surface area contributed by atoms with E-state index in [0.29, 0.717) is 0 Å². The molecule has 0 radical (unpaired) electrons. The van der Waals surface area contributed by atoms with Crippen LogP contribution in [0.25, 0.3) is 11.2 Å². The summed E-state index contributed by atoms with van der Waals surface area (Å²) in [6, 6.07) is 14.2. The predicted octanol–water partition coefficient (Wildman–Crippen LogP) is 2.92. The van der Waals surface area contributed by atoms with Gasteiger partial charge in [-0.2, -0.15) is 0 Å². The van der Waals surface area contributed by atoms with Crippen molar-refractivity contribution >= 4 is 16.9 Å². The van der Waals surface area contributed by atoms with Gasteiger partial charge < -0.3 is 10.3 Å². The number of imidazole rings is 1. The normalized spacial score (nSPS) is 10.8. The molecule has 0 bridgehead atoms. The minimum absolute atomic E-state index is 0.801. The van der Waals surface area contributed by atoms with Crippen LogP contribution >= 0.6 is 0 Å². The van der Waals surface area contributed by atoms with Crippen molar-refractivity contribution in [2.75, 3.05) is 11.9 Å². The number of fused-ring (bicyclic) bond motifs is 1. The maximum atomic E-state index is 4.50. The molecule has 1 aromatic carbocycles. The van der Waals surface area contributed by atoms with Crippen LogP contribution in [0.5, 0.6) is 0 Å². The molecule has 96 valence electrons. The van der Waals surface area contributed by atoms with Crippen molar-refractivity contribution in [3.8, 4) is 0 Å². The number of pyridine rings is 1. The van der Waals surface area contributed by atoms with Crippen molar-refractivity contribution in [3.05, 3.63) is 54.0 Å². The molecule has 0 fully saturated rings. The summed E-state index contributed by atoms with van der Waals surface area (Å²) in [5.74, 6) is 0.969. The highest BCUT2D eigenvalue weighted by Gasteiger charge is 2.03. The molecule has 0 saturated heterocycles. The number of aryl methyl sites for hydroxylation is 1. The van der Waals surface area contributed by atoms with Crippen molar-refractivity contribution < 1.29 is 0 Å². The van der Waals surface area contributed by atoms with Gasteiger partial charge in [0.15, 0.2) is 5.65 Å². The highest BCUT2D eigenvalue weighted by molar-refractivity contribution is 5.70. The van der Waals surface area contributed by atoms with E-state index in [1.807, 2.05) is 37.3 Å². The highest BCUT2D eigenvalue weighted by atomic mass is 15.0. The molecule has 19 heavy (non-hydrogen) atoms. The van der Waals surface area contributed by atoms with Gasteiger partial charge in [-0.1, -0.05) is 18.2 Å². The molecule has 0 saturated carbocycles. The lowest BCUT2D eigenvalue weighted by Crippen LogP contribution is -2.05. The molecule has 0 amide bonds. The Morgan fingerprint density at radius 3 is 2.74 bits per heavy atom. The highest BCUT2D eigenvalue weighted by Crippen LogP contribution is 2.10. The van der Waals surface area contributed by atoms with E-state index in [9.17, 15) is 0 Å². The van der Waals surface area contributed by atoms with Crippen LogP contribution in [-0.2, 0) is 6.42 Å². The summed E-state index contributed by atoms with van der Waals surface area (Å²) < 4.78 is 0. The van der Waals surface area contributed by atoms with E-state index >= 15 is 0 Å². The molecule has 3 rings (SSSR count). The van der Waals surface area contributed by atoms with E-state index in [4.69, 9.17) is 0 Å². The number of aromatic nitrogens is 3. The average molecular weight is 252 g/mol. The number of hydrogen-bond donors (Lipinski definition) is 2. The van der Waals surface area contributed by atoms with Gasteiger partial charge in [0, 0.05) is 24.3 Å². The first-order valence-electron chi connectivity index (χ1n) is 6.42. The van der Waals surface area contributed by atoms with Crippen LogP contribution in [0.3, 0.4) is 0 Å². The fourth-order valence-electron chi connectivity index (χ4n) is 2.04. The Morgan fingerprint density at radius 2 is 1.89 bits per heavy atom. The monoisotopic (exact) mass is 252 g/mol. The third-order valence-corrected chi connectivity index (χ3v) is 3.00. The zero-order valence-corrected chi connectivity index (χ0v) is 10.9. The van der Waals surface area contributed by atoms with E-state index in [0.717, 1.165) is 41.3 Å². The van der Waals surface area contributed by atoms with E-state index < -0.39 is 0 Å². The number of nitrogens with zero attached hydrogens (tertiary/aromatic N) is 2. The Morgan fingerprint density at radius 1 is 1.05 bits per heavy atom. The Bertz CT molecular complexity index is 673. The SMILES string of the molecule is Cc1ccc2[nH]c(CCNc3ccccc3)nc2n1. The number of benzene rings is 1. The van der Waals surface area contributed by atoms with Gasteiger partial charge in [-0.3, -0.25) is 0 Å². The minimum Gasteiger partial charge on any atom is -0.385 e. The summed E-state index contributed by atoms with van der Waals surface area (Å²) in [5.41, 5.74) is 3.93. The van der Waals surface area contributed by atoms with Gasteiger partial charge in [-0.05, 0) is 31.2 Å². The third-order valence-electron chi connectivity index (χ3n) is 3.00. The molecular formula is C15H16N4. The van der Waals surface area contributed by atoms with Gasteiger partial charge in [-0.25, -0.2) is 9.97 Å². The van der Waals surface area contributed by atoms with Crippen molar-refractivity contribution in [3.63, 3.8) is 0 Å². The van der Waals surface area contributed by atoms with Crippen molar-refractivity contribution in [2.24, 2.45) is 0 Å². The lowest BCUT2D eigenvalue weighted by molar-refractivity contribution is 0.933. The predicted molar refractivity (Wildman–Crippen MR) is 77.3 cm³/mol. The van der Waals surface area contributed by atoms with Crippen LogP contribution in [-0.4, -0.2) is 21.5 Å². The first-order chi connectivity index (χ1) is 9.31. The second kappa shape index (κ2) is 5.10. The fraction of sp³-hybridized carbons (Fsp3) is 0.200. The number of rotatable bonds is 4. The second-order valence-corrected chi connectivity index (χ2v) is 4.55. The van der Waals surface area contributed by atoms with Crippen LogP contribution < -0.4 is 5.32 Å². The molecule has 0 atom stereocenters. The third kappa shape index (κ3) is 2.73. The van der Waals surface area contributed by atoms with Crippen LogP contribution in [0.15, 0.2) is 42.5 Å². The van der Waals surface area contributed by atoms with E-state index in [-0.39, 0.29) is 0 Å². The van der Waals surface area contributed by atoms with Gasteiger partial charge in [0.25, 0.3) is 0 Å². The lowest BCUT2D eigenvalue weighted by atomic mass is 10.3. The Labute approximate surface area is 111 Å². The van der Waals surface area contributed by atoms with Crippen LogP contribution in [0, 0.1) is 6.92 Å². The van der Waals surface area contributed by atoms with E-state index in [1.165, 1.54) is 0 Å². The second-order valence-electron chi connectivity index (χ2n) is 4.55. The van der Waals surface area contributed by atoms with Crippen LogP contribution in [0.2, 0.25) is 0 Å². The molecule has 2 aromatic heterocycles. The largest absolute Gasteiger partial charge is 0.385 e. The molecule has 4 heteroatoms. The molecule has 4 nitrogen and oxygen atoms in total. The number of para-hydroxylation sites is 1. The number of aromatic amines is 1. The number of H-pyrrole nitrogens is 1. The summed E-state index contributed by atoms with van der Waals surface area (Å²) in [5, 5.41) is 3.37. The maximum Gasteiger partial charge on any atom is 0.177 e. The molecule has 2 N–H and O–H groups in total. The molecule has 0 aliphatic rings. The molecule has 2 heterocycles. The van der Waals surface area contributed by atoms with Gasteiger partial charge in [0.05, 0.1) is 5.52 Å². The van der Waals surface area contributed by atoms with Crippen molar-refractivity contribution in [1.82, 2.24) is 15.0 Å². The first-order valence-corrected chi connectivity index (χ1v) is 6.42. The van der Waals surface area contributed by atoms with Gasteiger partial charge >= 0.3 is 0 Å². The number of nitrogens with one attached hydrogen (secondary N) is 2. The minimum atomic E-state index is 0.801. The molecule has 0 spiro atoms. The van der Waals surface area contributed by atoms with E-state index in [2.05, 4.69) is 32.4 Å². The van der Waals surface area contributed by atoms with Gasteiger partial charge in [0.1, 0.15) is 5.82 Å². The van der Waals surface area contributed by atoms with Crippen LogP contribution in [0.4, 0.5) is 5.69 Å². The van der Waals surface area contributed by atoms with Gasteiger partial charge in [0.2, 0.25) is 0 Å². The average Bonchev–Trinajstić information content (AvgIpc) is 2.82. The molecule has 0 aliphatic heterocycles. The Kier molecular flexibility index (Phi) is 3.14. The van der Waals surface area contributed by atoms with Crippen molar-refractivity contribution in [2.45, 2.75) is 13.3 Å². The summed E-state index contributed by atoms with van der Waals surface area (Å²) in [7, 11) is 0. The van der Waals surface area contributed by atoms with Crippen molar-refractivity contribution in [1.29, 1.82) is 0 Å². The van der Waals surface area contributed by atoms with Gasteiger partial charge in [-0.15, -0.1) is 0 Å². The fourth-order valence-corrected chi connectivity index (χ4v) is 2.04. The standard InChI is InChI=1S/C15H16N4/c1-11-7-8-13-15(17-11)19-14(18-13)9-10-16-12-5-3-2-4-6-12/h2-8,16H,9-10H2,1H3,(H,17,18,19). The van der Waals surface area contributed by atoms with E-state index in [1.54, 1.807) is 0 Å².